The third kappa shape index (κ3) is 2.48. The van der Waals surface area contributed by atoms with Gasteiger partial charge in [-0.05, 0) is 24.6 Å². The normalized spacial score (nSPS) is 11.3. The van der Waals surface area contributed by atoms with Gasteiger partial charge in [0.1, 0.15) is 17.0 Å². The van der Waals surface area contributed by atoms with Gasteiger partial charge in [0.15, 0.2) is 5.58 Å². The monoisotopic (exact) mass is 296 g/mol. The molecule has 0 saturated heterocycles. The Morgan fingerprint density at radius 3 is 2.67 bits per heavy atom. The van der Waals surface area contributed by atoms with Crippen LogP contribution < -0.4 is 0 Å². The number of benzene rings is 1. The zero-order valence-corrected chi connectivity index (χ0v) is 12.3. The number of halogens is 1. The van der Waals surface area contributed by atoms with Gasteiger partial charge in [0.25, 0.3) is 0 Å². The lowest BCUT2D eigenvalue weighted by molar-refractivity contribution is 0.577. The smallest absolute Gasteiger partial charge is 0.223 e. The van der Waals surface area contributed by atoms with Crippen LogP contribution in [0.2, 0.25) is 5.28 Å². The maximum Gasteiger partial charge on any atom is 0.223 e. The van der Waals surface area contributed by atoms with Crippen LogP contribution in [0.15, 0.2) is 53.5 Å². The molecule has 0 spiro atoms. The highest BCUT2D eigenvalue weighted by atomic mass is 35.5. The van der Waals surface area contributed by atoms with Crippen LogP contribution >= 0.6 is 11.6 Å². The van der Waals surface area contributed by atoms with Gasteiger partial charge in [0.2, 0.25) is 5.28 Å². The molecule has 0 radical (unpaired) electrons. The summed E-state index contributed by atoms with van der Waals surface area (Å²) in [6.45, 7) is 5.57. The molecule has 1 aromatic carbocycles. The first kappa shape index (κ1) is 13.6. The number of nitrogens with zero attached hydrogens (tertiary/aromatic N) is 2. The second-order valence-electron chi connectivity index (χ2n) is 4.55. The van der Waals surface area contributed by atoms with Crippen molar-refractivity contribution in [3.63, 3.8) is 0 Å². The molecule has 3 rings (SSSR count). The van der Waals surface area contributed by atoms with E-state index in [1.807, 2.05) is 49.4 Å². The van der Waals surface area contributed by atoms with Gasteiger partial charge in [-0.3, -0.25) is 0 Å². The van der Waals surface area contributed by atoms with Crippen LogP contribution in [-0.2, 0) is 0 Å². The van der Waals surface area contributed by atoms with Crippen LogP contribution in [0.3, 0.4) is 0 Å². The standard InChI is InChI=1S/C17H13ClN2O/c1-3-4-10-13-11(2)21-16-14(12-8-6-5-7-9-12)19-17(18)20-15(13)16/h3-10H,1H2,2H3/b10-4-. The molecule has 3 aromatic rings. The fraction of sp³-hybridized carbons (Fsp3) is 0.0588. The predicted octanol–water partition coefficient (Wildman–Crippen LogP) is 5.05. The van der Waals surface area contributed by atoms with Gasteiger partial charge in [-0.1, -0.05) is 49.1 Å². The van der Waals surface area contributed by atoms with Crippen molar-refractivity contribution in [2.45, 2.75) is 6.92 Å². The van der Waals surface area contributed by atoms with Crippen molar-refractivity contribution in [3.05, 3.63) is 65.7 Å². The molecule has 2 aromatic heterocycles. The van der Waals surface area contributed by atoms with E-state index in [0.717, 1.165) is 16.9 Å². The average Bonchev–Trinajstić information content (AvgIpc) is 2.81. The van der Waals surface area contributed by atoms with Gasteiger partial charge in [-0.2, -0.15) is 0 Å². The second-order valence-corrected chi connectivity index (χ2v) is 4.89. The van der Waals surface area contributed by atoms with Gasteiger partial charge in [-0.25, -0.2) is 9.97 Å². The molecule has 0 fully saturated rings. The van der Waals surface area contributed by atoms with Crippen molar-refractivity contribution >= 4 is 28.8 Å². The van der Waals surface area contributed by atoms with E-state index in [0.29, 0.717) is 16.8 Å². The van der Waals surface area contributed by atoms with Crippen LogP contribution in [0.5, 0.6) is 0 Å². The van der Waals surface area contributed by atoms with E-state index >= 15 is 0 Å². The third-order valence-electron chi connectivity index (χ3n) is 3.17. The maximum atomic E-state index is 6.08. The van der Waals surface area contributed by atoms with Crippen LogP contribution in [0.25, 0.3) is 28.4 Å². The van der Waals surface area contributed by atoms with Crippen LogP contribution in [0.4, 0.5) is 0 Å². The molecule has 0 aliphatic heterocycles. The largest absolute Gasteiger partial charge is 0.457 e. The SMILES string of the molecule is C=C/C=C\c1c(C)oc2c(-c3ccccc3)nc(Cl)nc12. The minimum Gasteiger partial charge on any atom is -0.457 e. The molecule has 0 saturated carbocycles. The lowest BCUT2D eigenvalue weighted by Crippen LogP contribution is -1.89. The summed E-state index contributed by atoms with van der Waals surface area (Å²) in [5.41, 5.74) is 3.90. The van der Waals surface area contributed by atoms with Crippen LogP contribution in [0, 0.1) is 6.92 Å². The van der Waals surface area contributed by atoms with E-state index in [4.69, 9.17) is 16.0 Å². The minimum absolute atomic E-state index is 0.204. The summed E-state index contributed by atoms with van der Waals surface area (Å²) in [6.07, 6.45) is 5.46. The lowest BCUT2D eigenvalue weighted by atomic mass is 10.1. The summed E-state index contributed by atoms with van der Waals surface area (Å²) < 4.78 is 5.87. The van der Waals surface area contributed by atoms with E-state index in [1.54, 1.807) is 6.08 Å². The van der Waals surface area contributed by atoms with E-state index in [2.05, 4.69) is 16.5 Å². The molecule has 4 heteroatoms. The zero-order valence-electron chi connectivity index (χ0n) is 11.5. The summed E-state index contributed by atoms with van der Waals surface area (Å²) in [6, 6.07) is 9.79. The molecule has 0 aliphatic rings. The third-order valence-corrected chi connectivity index (χ3v) is 3.34. The number of aryl methyl sites for hydroxylation is 1. The number of rotatable bonds is 3. The molecule has 0 bridgehead atoms. The Labute approximate surface area is 127 Å². The Morgan fingerprint density at radius 1 is 1.19 bits per heavy atom. The molecular formula is C17H13ClN2O. The molecule has 0 N–H and O–H groups in total. The zero-order chi connectivity index (χ0) is 14.8. The Kier molecular flexibility index (Phi) is 3.59. The highest BCUT2D eigenvalue weighted by molar-refractivity contribution is 6.28. The highest BCUT2D eigenvalue weighted by Gasteiger charge is 2.17. The molecule has 2 heterocycles. The highest BCUT2D eigenvalue weighted by Crippen LogP contribution is 2.33. The predicted molar refractivity (Wildman–Crippen MR) is 86.2 cm³/mol. The maximum absolute atomic E-state index is 6.08. The number of fused-ring (bicyclic) bond motifs is 1. The van der Waals surface area contributed by atoms with Crippen LogP contribution in [0.1, 0.15) is 11.3 Å². The van der Waals surface area contributed by atoms with Gasteiger partial charge < -0.3 is 4.42 Å². The number of aromatic nitrogens is 2. The summed E-state index contributed by atoms with van der Waals surface area (Å²) in [7, 11) is 0. The van der Waals surface area contributed by atoms with Crippen molar-refractivity contribution in [1.29, 1.82) is 0 Å². The fourth-order valence-electron chi connectivity index (χ4n) is 2.23. The molecule has 0 amide bonds. The van der Waals surface area contributed by atoms with E-state index in [1.165, 1.54) is 0 Å². The lowest BCUT2D eigenvalue weighted by Gasteiger charge is -2.02. The molecule has 0 atom stereocenters. The number of hydrogen-bond donors (Lipinski definition) is 0. The second kappa shape index (κ2) is 5.54. The Morgan fingerprint density at radius 2 is 1.95 bits per heavy atom. The Balaban J connectivity index is 2.32. The Bertz CT molecular complexity index is 835. The van der Waals surface area contributed by atoms with Gasteiger partial charge in [0, 0.05) is 11.1 Å². The van der Waals surface area contributed by atoms with Crippen molar-refractivity contribution in [2.75, 3.05) is 0 Å². The molecule has 0 unspecified atom stereocenters. The van der Waals surface area contributed by atoms with E-state index in [-0.39, 0.29) is 5.28 Å². The van der Waals surface area contributed by atoms with Gasteiger partial charge in [0.05, 0.1) is 0 Å². The summed E-state index contributed by atoms with van der Waals surface area (Å²) in [5, 5.41) is 0.204. The van der Waals surface area contributed by atoms with Crippen molar-refractivity contribution < 1.29 is 4.42 Å². The van der Waals surface area contributed by atoms with Crippen molar-refractivity contribution in [1.82, 2.24) is 9.97 Å². The molecule has 3 nitrogen and oxygen atoms in total. The summed E-state index contributed by atoms with van der Waals surface area (Å²) in [5.74, 6) is 0.775. The van der Waals surface area contributed by atoms with Gasteiger partial charge >= 0.3 is 0 Å². The first-order valence-corrected chi connectivity index (χ1v) is 6.89. The molecule has 21 heavy (non-hydrogen) atoms. The number of hydrogen-bond acceptors (Lipinski definition) is 3. The first-order chi connectivity index (χ1) is 10.2. The van der Waals surface area contributed by atoms with Crippen LogP contribution in [-0.4, -0.2) is 9.97 Å². The quantitative estimate of drug-likeness (QED) is 0.501. The number of allylic oxidation sites excluding steroid dienone is 2. The minimum atomic E-state index is 0.204. The molecule has 0 aliphatic carbocycles. The van der Waals surface area contributed by atoms with Crippen molar-refractivity contribution in [3.8, 4) is 11.3 Å². The summed E-state index contributed by atoms with van der Waals surface area (Å²) >= 11 is 6.08. The Hall–Kier alpha value is -2.39. The summed E-state index contributed by atoms with van der Waals surface area (Å²) in [4.78, 5) is 8.63. The number of furan rings is 1. The average molecular weight is 297 g/mol. The topological polar surface area (TPSA) is 38.9 Å². The van der Waals surface area contributed by atoms with Gasteiger partial charge in [-0.15, -0.1) is 0 Å². The fourth-order valence-corrected chi connectivity index (χ4v) is 2.40. The van der Waals surface area contributed by atoms with Crippen molar-refractivity contribution in [2.24, 2.45) is 0 Å². The first-order valence-electron chi connectivity index (χ1n) is 6.52. The molecule has 104 valence electrons. The van der Waals surface area contributed by atoms with E-state index < -0.39 is 0 Å². The van der Waals surface area contributed by atoms with E-state index in [9.17, 15) is 0 Å². The molecular weight excluding hydrogens is 284 g/mol.